The lowest BCUT2D eigenvalue weighted by atomic mass is 9.71. The third-order valence-corrected chi connectivity index (χ3v) is 7.66. The van der Waals surface area contributed by atoms with Crippen molar-refractivity contribution < 1.29 is 29.0 Å². The number of rotatable bonds is 3. The van der Waals surface area contributed by atoms with Crippen LogP contribution in [-0.2, 0) is 14.3 Å². The van der Waals surface area contributed by atoms with Crippen molar-refractivity contribution in [3.8, 4) is 0 Å². The summed E-state index contributed by atoms with van der Waals surface area (Å²) in [7, 11) is 0. The molecule has 2 heterocycles. The Bertz CT molecular complexity index is 1150. The highest BCUT2D eigenvalue weighted by molar-refractivity contribution is 5.88. The van der Waals surface area contributed by atoms with Crippen molar-refractivity contribution in [3.05, 3.63) is 54.0 Å². The first-order valence-electron chi connectivity index (χ1n) is 13.2. The van der Waals surface area contributed by atoms with Gasteiger partial charge in [0.15, 0.2) is 11.5 Å². The van der Waals surface area contributed by atoms with Crippen LogP contribution in [0, 0.1) is 24.2 Å². The van der Waals surface area contributed by atoms with Crippen LogP contribution in [-0.4, -0.2) is 39.2 Å². The summed E-state index contributed by atoms with van der Waals surface area (Å²) in [5.41, 5.74) is 2.04. The number of oxazole rings is 1. The molecule has 37 heavy (non-hydrogen) atoms. The van der Waals surface area contributed by atoms with Gasteiger partial charge in [-0.25, -0.2) is 4.98 Å². The Labute approximate surface area is 219 Å². The molecule has 3 rings (SSSR count). The monoisotopic (exact) mass is 511 g/mol. The summed E-state index contributed by atoms with van der Waals surface area (Å²) >= 11 is 0. The van der Waals surface area contributed by atoms with E-state index in [2.05, 4.69) is 17.6 Å². The number of aliphatic hydroxyl groups is 2. The average Bonchev–Trinajstić information content (AvgIpc) is 3.22. The fourth-order valence-corrected chi connectivity index (χ4v) is 5.04. The Kier molecular flexibility index (Phi) is 9.48. The van der Waals surface area contributed by atoms with Crippen LogP contribution in [0.5, 0.6) is 0 Å². The van der Waals surface area contributed by atoms with Gasteiger partial charge in [0.05, 0.1) is 24.0 Å². The van der Waals surface area contributed by atoms with Gasteiger partial charge < -0.3 is 19.4 Å². The topological polar surface area (TPSA) is 110 Å². The predicted octanol–water partition coefficient (Wildman–Crippen LogP) is 5.78. The molecule has 0 unspecified atom stereocenters. The Hall–Kier alpha value is -2.77. The molecule has 1 aliphatic rings. The predicted molar refractivity (Wildman–Crippen MR) is 143 cm³/mol. The summed E-state index contributed by atoms with van der Waals surface area (Å²) in [5, 5.41) is 22.1. The number of allylic oxidation sites excluding steroid dienone is 2. The number of benzene rings is 1. The minimum atomic E-state index is -1.27. The van der Waals surface area contributed by atoms with Crippen LogP contribution in [0.15, 0.2) is 46.9 Å². The molecule has 0 saturated carbocycles. The molecule has 1 aliphatic heterocycles. The summed E-state index contributed by atoms with van der Waals surface area (Å²) in [6, 6.07) is 5.54. The first kappa shape index (κ1) is 28.8. The number of aryl methyl sites for hydroxylation is 1. The van der Waals surface area contributed by atoms with Crippen molar-refractivity contribution in [2.24, 2.45) is 17.3 Å². The first-order chi connectivity index (χ1) is 17.4. The highest BCUT2D eigenvalue weighted by Gasteiger charge is 2.43. The number of nitrogens with zero attached hydrogens (tertiary/aromatic N) is 1. The molecule has 0 saturated heterocycles. The summed E-state index contributed by atoms with van der Waals surface area (Å²) in [6.45, 7) is 12.8. The molecular weight excluding hydrogens is 470 g/mol. The molecule has 5 atom stereocenters. The third kappa shape index (κ3) is 6.96. The van der Waals surface area contributed by atoms with Crippen molar-refractivity contribution in [3.63, 3.8) is 0 Å². The normalized spacial score (nSPS) is 28.5. The molecule has 0 amide bonds. The third-order valence-electron chi connectivity index (χ3n) is 7.66. The van der Waals surface area contributed by atoms with E-state index in [-0.39, 0.29) is 18.1 Å². The number of hydrogen-bond donors (Lipinski definition) is 2. The quantitative estimate of drug-likeness (QED) is 0.397. The zero-order chi connectivity index (χ0) is 27.3. The zero-order valence-corrected chi connectivity index (χ0v) is 22.7. The zero-order valence-electron chi connectivity index (χ0n) is 22.7. The van der Waals surface area contributed by atoms with Gasteiger partial charge in [-0.15, -0.1) is 6.58 Å². The molecule has 0 aliphatic carbocycles. The molecule has 7 heteroatoms. The number of ether oxygens (including phenoxy) is 1. The van der Waals surface area contributed by atoms with Gasteiger partial charge in [0.25, 0.3) is 0 Å². The van der Waals surface area contributed by atoms with Crippen LogP contribution >= 0.6 is 0 Å². The van der Waals surface area contributed by atoms with Crippen molar-refractivity contribution in [2.75, 3.05) is 0 Å². The molecule has 0 spiro atoms. The number of Topliss-reactive ketones (excluding diaryl/α,β-unsaturated/α-hetero) is 1. The minimum absolute atomic E-state index is 0.0992. The lowest BCUT2D eigenvalue weighted by Gasteiger charge is -2.35. The molecular formula is C30H41NO6. The Balaban J connectivity index is 1.93. The molecule has 0 radical (unpaired) electrons. The SMILES string of the molecule is C=CC[C@H]1C(=O)C(C)(C)[C@@H](O)CC(=O)O[C@H](c2ccc3oc(C)nc3c2)CC=C(C)CCC[C@H](C)[C@@H]1O. The van der Waals surface area contributed by atoms with Crippen LogP contribution < -0.4 is 0 Å². The minimum Gasteiger partial charge on any atom is -0.457 e. The number of aromatic nitrogens is 1. The van der Waals surface area contributed by atoms with E-state index < -0.39 is 35.6 Å². The maximum absolute atomic E-state index is 13.5. The van der Waals surface area contributed by atoms with E-state index in [1.165, 1.54) is 0 Å². The van der Waals surface area contributed by atoms with Gasteiger partial charge in [-0.3, -0.25) is 9.59 Å². The van der Waals surface area contributed by atoms with Crippen molar-refractivity contribution in [1.29, 1.82) is 0 Å². The van der Waals surface area contributed by atoms with Gasteiger partial charge in [-0.05, 0) is 56.2 Å². The van der Waals surface area contributed by atoms with Crippen molar-refractivity contribution >= 4 is 22.9 Å². The van der Waals surface area contributed by atoms with Crippen molar-refractivity contribution in [2.45, 2.75) is 91.5 Å². The van der Waals surface area contributed by atoms with Crippen LogP contribution in [0.25, 0.3) is 11.1 Å². The van der Waals surface area contributed by atoms with E-state index in [0.29, 0.717) is 29.8 Å². The number of aliphatic hydroxyl groups excluding tert-OH is 2. The number of carbonyl (C=O) groups is 2. The van der Waals surface area contributed by atoms with Crippen molar-refractivity contribution in [1.82, 2.24) is 4.98 Å². The second kappa shape index (κ2) is 12.2. The van der Waals surface area contributed by atoms with Gasteiger partial charge >= 0.3 is 5.97 Å². The van der Waals surface area contributed by atoms with E-state index in [1.54, 1.807) is 26.8 Å². The summed E-state index contributed by atoms with van der Waals surface area (Å²) in [5.74, 6) is -1.12. The van der Waals surface area contributed by atoms with E-state index in [0.717, 1.165) is 30.4 Å². The largest absolute Gasteiger partial charge is 0.457 e. The molecule has 2 N–H and O–H groups in total. The number of esters is 1. The van der Waals surface area contributed by atoms with Crippen LogP contribution in [0.2, 0.25) is 0 Å². The molecule has 0 bridgehead atoms. The second-order valence-electron chi connectivity index (χ2n) is 11.0. The lowest BCUT2D eigenvalue weighted by Crippen LogP contribution is -2.46. The summed E-state index contributed by atoms with van der Waals surface area (Å²) in [6.07, 6.45) is 3.89. The van der Waals surface area contributed by atoms with Crippen LogP contribution in [0.3, 0.4) is 0 Å². The molecule has 0 fully saturated rings. The maximum Gasteiger partial charge on any atom is 0.309 e. The fourth-order valence-electron chi connectivity index (χ4n) is 5.04. The Morgan fingerprint density at radius 3 is 2.65 bits per heavy atom. The van der Waals surface area contributed by atoms with E-state index >= 15 is 0 Å². The molecule has 7 nitrogen and oxygen atoms in total. The Morgan fingerprint density at radius 2 is 1.95 bits per heavy atom. The maximum atomic E-state index is 13.5. The standard InChI is InChI=1S/C30H41NO6/c1-7-9-22-28(34)19(3)11-8-10-18(2)12-14-24(21-13-15-25-23(16-21)31-20(4)36-25)37-27(33)17-26(32)30(5,6)29(22)35/h7,12-13,15-16,19,22,24,26,28,32,34H,1,8-11,14,17H2,2-6H3/t19-,22+,24-,26-,28-/m0/s1. The fraction of sp³-hybridized carbons (Fsp3) is 0.567. The highest BCUT2D eigenvalue weighted by atomic mass is 16.5. The molecule has 2 aromatic rings. The van der Waals surface area contributed by atoms with Gasteiger partial charge in [0.2, 0.25) is 0 Å². The van der Waals surface area contributed by atoms with Gasteiger partial charge in [0.1, 0.15) is 17.4 Å². The number of ketones is 1. The summed E-state index contributed by atoms with van der Waals surface area (Å²) in [4.78, 5) is 31.0. The van der Waals surface area contributed by atoms with Gasteiger partial charge in [-0.2, -0.15) is 0 Å². The van der Waals surface area contributed by atoms with Gasteiger partial charge in [-0.1, -0.05) is 44.6 Å². The molecule has 202 valence electrons. The number of hydrogen-bond acceptors (Lipinski definition) is 7. The number of fused-ring (bicyclic) bond motifs is 1. The number of cyclic esters (lactones) is 1. The first-order valence-corrected chi connectivity index (χ1v) is 13.2. The molecule has 1 aromatic carbocycles. The average molecular weight is 512 g/mol. The highest BCUT2D eigenvalue weighted by Crippen LogP contribution is 2.35. The van der Waals surface area contributed by atoms with E-state index in [4.69, 9.17) is 9.15 Å². The van der Waals surface area contributed by atoms with Gasteiger partial charge in [0, 0.05) is 19.3 Å². The Morgan fingerprint density at radius 1 is 1.22 bits per heavy atom. The van der Waals surface area contributed by atoms with Crippen LogP contribution in [0.1, 0.15) is 83.8 Å². The van der Waals surface area contributed by atoms with E-state index in [9.17, 15) is 19.8 Å². The molecule has 1 aromatic heterocycles. The summed E-state index contributed by atoms with van der Waals surface area (Å²) < 4.78 is 11.5. The smallest absolute Gasteiger partial charge is 0.309 e. The van der Waals surface area contributed by atoms with E-state index in [1.807, 2.05) is 32.0 Å². The second-order valence-corrected chi connectivity index (χ2v) is 11.0. The lowest BCUT2D eigenvalue weighted by molar-refractivity contribution is -0.156. The number of carbonyl (C=O) groups excluding carboxylic acids is 2. The van der Waals surface area contributed by atoms with Crippen LogP contribution in [0.4, 0.5) is 0 Å².